The monoisotopic (exact) mass is 517 g/mol. The van der Waals surface area contributed by atoms with Crippen LogP contribution in [-0.4, -0.2) is 72.2 Å². The number of amides is 4. The Morgan fingerprint density at radius 3 is 2.39 bits per heavy atom. The molecular formula is C26H36ClN5O4. The number of halogens is 1. The lowest BCUT2D eigenvalue weighted by Crippen LogP contribution is -2.56. The molecule has 0 bridgehead atoms. The third-order valence-electron chi connectivity index (χ3n) is 6.87. The largest absolute Gasteiger partial charge is 0.345 e. The van der Waals surface area contributed by atoms with Crippen LogP contribution in [0.15, 0.2) is 36.7 Å². The van der Waals surface area contributed by atoms with E-state index < -0.39 is 12.1 Å². The predicted octanol–water partition coefficient (Wildman–Crippen LogP) is 1.81. The molecule has 36 heavy (non-hydrogen) atoms. The average molecular weight is 518 g/mol. The van der Waals surface area contributed by atoms with Crippen LogP contribution >= 0.6 is 11.6 Å². The second-order valence-corrected chi connectivity index (χ2v) is 9.83. The molecule has 4 amide bonds. The Bertz CT molecular complexity index is 962. The van der Waals surface area contributed by atoms with Crippen molar-refractivity contribution in [2.24, 2.45) is 5.92 Å². The van der Waals surface area contributed by atoms with E-state index in [1.54, 1.807) is 31.3 Å². The van der Waals surface area contributed by atoms with Gasteiger partial charge in [-0.2, -0.15) is 0 Å². The van der Waals surface area contributed by atoms with Gasteiger partial charge in [-0.05, 0) is 56.8 Å². The van der Waals surface area contributed by atoms with E-state index >= 15 is 0 Å². The van der Waals surface area contributed by atoms with Gasteiger partial charge in [-0.3, -0.25) is 19.2 Å². The first kappa shape index (κ1) is 27.7. The molecule has 2 atom stereocenters. The molecule has 0 unspecified atom stereocenters. The number of hydrogen-bond donors (Lipinski definition) is 3. The van der Waals surface area contributed by atoms with Gasteiger partial charge in [-0.25, -0.2) is 0 Å². The number of hydrogen-bond acceptors (Lipinski definition) is 5. The Labute approximate surface area is 217 Å². The molecule has 1 aromatic carbocycles. The summed E-state index contributed by atoms with van der Waals surface area (Å²) in [5.41, 5.74) is 1.06. The second-order valence-electron chi connectivity index (χ2n) is 9.40. The number of carbonyl (C=O) groups excluding carboxylic acids is 4. The summed E-state index contributed by atoms with van der Waals surface area (Å²) in [6.07, 6.45) is 8.68. The van der Waals surface area contributed by atoms with Gasteiger partial charge in [0, 0.05) is 24.0 Å². The fourth-order valence-corrected chi connectivity index (χ4v) is 4.58. The van der Waals surface area contributed by atoms with Gasteiger partial charge in [0.25, 0.3) is 0 Å². The smallest absolute Gasteiger partial charge is 0.246 e. The molecule has 1 heterocycles. The first-order chi connectivity index (χ1) is 17.3. The summed E-state index contributed by atoms with van der Waals surface area (Å²) in [6, 6.07) is 6.33. The number of benzene rings is 1. The van der Waals surface area contributed by atoms with Gasteiger partial charge in [-0.15, -0.1) is 0 Å². The van der Waals surface area contributed by atoms with Crippen molar-refractivity contribution in [3.63, 3.8) is 0 Å². The first-order valence-electron chi connectivity index (χ1n) is 12.6. The molecule has 1 saturated carbocycles. The van der Waals surface area contributed by atoms with E-state index in [0.717, 1.165) is 37.7 Å². The van der Waals surface area contributed by atoms with Gasteiger partial charge in [-0.1, -0.05) is 43.0 Å². The Balaban J connectivity index is 1.52. The van der Waals surface area contributed by atoms with Crippen molar-refractivity contribution in [1.29, 1.82) is 0 Å². The van der Waals surface area contributed by atoms with Crippen LogP contribution in [0.25, 0.3) is 0 Å². The molecule has 2 aliphatic rings. The fourth-order valence-electron chi connectivity index (χ4n) is 4.45. The van der Waals surface area contributed by atoms with Crippen molar-refractivity contribution in [3.05, 3.63) is 47.3 Å². The molecule has 0 spiro atoms. The van der Waals surface area contributed by atoms with E-state index in [2.05, 4.69) is 16.0 Å². The Morgan fingerprint density at radius 2 is 1.75 bits per heavy atom. The van der Waals surface area contributed by atoms with Crippen molar-refractivity contribution < 1.29 is 19.2 Å². The number of nitrogens with one attached hydrogen (secondary N) is 3. The van der Waals surface area contributed by atoms with Crippen LogP contribution in [0.4, 0.5) is 0 Å². The SMILES string of the molecule is CN[C@@H](C)C(=O)N[C@H](C(=O)NCC(=O)N1C=CN(CCc2ccc(Cl)cc2)C(=O)C1)C1CCCCC1. The predicted molar refractivity (Wildman–Crippen MR) is 138 cm³/mol. The minimum atomic E-state index is -0.691. The summed E-state index contributed by atoms with van der Waals surface area (Å²) in [6.45, 7) is 1.88. The van der Waals surface area contributed by atoms with Gasteiger partial charge in [0.15, 0.2) is 0 Å². The molecule has 9 nitrogen and oxygen atoms in total. The third kappa shape index (κ3) is 7.80. The lowest BCUT2D eigenvalue weighted by atomic mass is 9.83. The van der Waals surface area contributed by atoms with Gasteiger partial charge in [0.2, 0.25) is 23.6 Å². The van der Waals surface area contributed by atoms with Gasteiger partial charge in [0.05, 0.1) is 12.6 Å². The van der Waals surface area contributed by atoms with Gasteiger partial charge >= 0.3 is 0 Å². The molecule has 1 aromatic rings. The molecule has 1 fully saturated rings. The lowest BCUT2D eigenvalue weighted by Gasteiger charge is -2.31. The average Bonchev–Trinajstić information content (AvgIpc) is 2.90. The van der Waals surface area contributed by atoms with Crippen LogP contribution in [0.1, 0.15) is 44.6 Å². The maximum Gasteiger partial charge on any atom is 0.246 e. The summed E-state index contributed by atoms with van der Waals surface area (Å²) >= 11 is 5.91. The zero-order valence-electron chi connectivity index (χ0n) is 21.0. The van der Waals surface area contributed by atoms with Crippen molar-refractivity contribution >= 4 is 35.2 Å². The third-order valence-corrected chi connectivity index (χ3v) is 7.12. The maximum absolute atomic E-state index is 13.0. The Kier molecular flexibility index (Phi) is 10.3. The highest BCUT2D eigenvalue weighted by Crippen LogP contribution is 2.26. The van der Waals surface area contributed by atoms with E-state index in [1.165, 1.54) is 4.90 Å². The van der Waals surface area contributed by atoms with Crippen LogP contribution in [0.2, 0.25) is 5.02 Å². The molecule has 0 saturated heterocycles. The van der Waals surface area contributed by atoms with Crippen LogP contribution in [0.3, 0.4) is 0 Å². The summed E-state index contributed by atoms with van der Waals surface area (Å²) in [7, 11) is 1.69. The highest BCUT2D eigenvalue weighted by Gasteiger charge is 2.32. The van der Waals surface area contributed by atoms with Gasteiger partial charge < -0.3 is 25.8 Å². The molecule has 1 aliphatic carbocycles. The Morgan fingerprint density at radius 1 is 1.06 bits per heavy atom. The van der Waals surface area contributed by atoms with Crippen LogP contribution in [0.5, 0.6) is 0 Å². The van der Waals surface area contributed by atoms with E-state index in [-0.39, 0.29) is 42.6 Å². The molecular weight excluding hydrogens is 482 g/mol. The van der Waals surface area contributed by atoms with Crippen LogP contribution < -0.4 is 16.0 Å². The van der Waals surface area contributed by atoms with E-state index in [4.69, 9.17) is 11.6 Å². The van der Waals surface area contributed by atoms with Crippen LogP contribution in [0, 0.1) is 5.92 Å². The molecule has 3 rings (SSSR count). The molecule has 10 heteroatoms. The molecule has 1 aliphatic heterocycles. The first-order valence-corrected chi connectivity index (χ1v) is 12.9. The number of likely N-dealkylation sites (N-methyl/N-ethyl adjacent to an activating group) is 1. The molecule has 196 valence electrons. The minimum Gasteiger partial charge on any atom is -0.345 e. The summed E-state index contributed by atoms with van der Waals surface area (Å²) in [5.74, 6) is -1.17. The quantitative estimate of drug-likeness (QED) is 0.438. The zero-order chi connectivity index (χ0) is 26.1. The summed E-state index contributed by atoms with van der Waals surface area (Å²) in [5, 5.41) is 9.09. The number of carbonyl (C=O) groups is 4. The van der Waals surface area contributed by atoms with E-state index in [0.29, 0.717) is 18.0 Å². The number of nitrogens with zero attached hydrogens (tertiary/aromatic N) is 2. The van der Waals surface area contributed by atoms with Crippen LogP contribution in [-0.2, 0) is 25.6 Å². The van der Waals surface area contributed by atoms with Crippen molar-refractivity contribution in [1.82, 2.24) is 25.8 Å². The lowest BCUT2D eigenvalue weighted by molar-refractivity contribution is -0.139. The van der Waals surface area contributed by atoms with Gasteiger partial charge in [0.1, 0.15) is 12.6 Å². The number of rotatable bonds is 10. The van der Waals surface area contributed by atoms with E-state index in [1.807, 2.05) is 24.3 Å². The summed E-state index contributed by atoms with van der Waals surface area (Å²) < 4.78 is 0. The second kappa shape index (κ2) is 13.4. The highest BCUT2D eigenvalue weighted by molar-refractivity contribution is 6.30. The highest BCUT2D eigenvalue weighted by atomic mass is 35.5. The molecule has 0 aromatic heterocycles. The normalized spacial score (nSPS) is 18.0. The Hall–Kier alpha value is -2.91. The minimum absolute atomic E-state index is 0.0347. The molecule has 3 N–H and O–H groups in total. The standard InChI is InChI=1S/C26H36ClN5O4/c1-18(28-2)25(35)30-24(20-6-4-3-5-7-20)26(36)29-16-22(33)32-15-14-31(23(34)17-32)13-12-19-8-10-21(27)11-9-19/h8-11,14-15,18,20,24,28H,3-7,12-13,16-17H2,1-2H3,(H,29,36)(H,30,35)/t18-,24-/m0/s1. The van der Waals surface area contributed by atoms with E-state index in [9.17, 15) is 19.2 Å². The summed E-state index contributed by atoms with van der Waals surface area (Å²) in [4.78, 5) is 53.6. The van der Waals surface area contributed by atoms with Crippen molar-refractivity contribution in [2.45, 2.75) is 57.5 Å². The molecule has 0 radical (unpaired) electrons. The topological polar surface area (TPSA) is 111 Å². The fraction of sp³-hybridized carbons (Fsp3) is 0.538. The van der Waals surface area contributed by atoms with Crippen molar-refractivity contribution in [3.8, 4) is 0 Å². The zero-order valence-corrected chi connectivity index (χ0v) is 21.7. The van der Waals surface area contributed by atoms with Crippen molar-refractivity contribution in [2.75, 3.05) is 26.7 Å². The maximum atomic E-state index is 13.0.